The molecule has 15 heavy (non-hydrogen) atoms. The number of carbonyl (C=O) groups is 1. The number of carboxylic acid groups (broad SMARTS) is 1. The second-order valence-electron chi connectivity index (χ2n) is 2.87. The fourth-order valence-electron chi connectivity index (χ4n) is 1.06. The zero-order valence-electron chi connectivity index (χ0n) is 8.47. The van der Waals surface area contributed by atoms with Crippen LogP contribution in [0.25, 0.3) is 0 Å². The first-order valence-corrected chi connectivity index (χ1v) is 4.54. The summed E-state index contributed by atoms with van der Waals surface area (Å²) in [5.74, 6) is -0.722. The van der Waals surface area contributed by atoms with Gasteiger partial charge in [0.05, 0.1) is 12.8 Å². The van der Waals surface area contributed by atoms with Crippen LogP contribution >= 0.6 is 0 Å². The summed E-state index contributed by atoms with van der Waals surface area (Å²) < 4.78 is 10.1. The Morgan fingerprint density at radius 2 is 2.33 bits per heavy atom. The quantitative estimate of drug-likeness (QED) is 0.716. The highest BCUT2D eigenvalue weighted by molar-refractivity contribution is 5.90. The van der Waals surface area contributed by atoms with Gasteiger partial charge in [0.2, 0.25) is 0 Å². The van der Waals surface area contributed by atoms with Gasteiger partial charge in [0.1, 0.15) is 5.56 Å². The first kappa shape index (κ1) is 11.5. The molecule has 0 amide bonds. The smallest absolute Gasteiger partial charge is 0.339 e. The number of hydrogen-bond donors (Lipinski definition) is 1. The molecule has 1 rings (SSSR count). The highest BCUT2D eigenvalue weighted by Gasteiger charge is 2.10. The van der Waals surface area contributed by atoms with Crippen LogP contribution in [0.3, 0.4) is 0 Å². The molecule has 1 N–H and O–H groups in total. The summed E-state index contributed by atoms with van der Waals surface area (Å²) in [5, 5.41) is 8.84. The Bertz CT molecular complexity index is 327. The van der Waals surface area contributed by atoms with E-state index in [1.807, 2.05) is 0 Å². The fourth-order valence-corrected chi connectivity index (χ4v) is 1.06. The molecular formula is C10H13NO4. The van der Waals surface area contributed by atoms with Crippen molar-refractivity contribution in [1.29, 1.82) is 0 Å². The van der Waals surface area contributed by atoms with E-state index in [1.165, 1.54) is 18.5 Å². The Morgan fingerprint density at radius 3 is 3.00 bits per heavy atom. The topological polar surface area (TPSA) is 68.7 Å². The lowest BCUT2D eigenvalue weighted by molar-refractivity contribution is 0.0691. The summed E-state index contributed by atoms with van der Waals surface area (Å²) in [5.41, 5.74) is 0.127. The normalized spacial score (nSPS) is 9.93. The van der Waals surface area contributed by atoms with Crippen LogP contribution in [0.1, 0.15) is 16.8 Å². The summed E-state index contributed by atoms with van der Waals surface area (Å²) in [4.78, 5) is 14.6. The number of aromatic nitrogens is 1. The van der Waals surface area contributed by atoms with Crippen LogP contribution in [0.2, 0.25) is 0 Å². The number of aromatic carboxylic acids is 1. The van der Waals surface area contributed by atoms with E-state index >= 15 is 0 Å². The Balaban J connectivity index is 2.56. The largest absolute Gasteiger partial charge is 0.491 e. The molecule has 82 valence electrons. The van der Waals surface area contributed by atoms with Gasteiger partial charge in [-0.2, -0.15) is 0 Å². The molecule has 5 nitrogen and oxygen atoms in total. The van der Waals surface area contributed by atoms with E-state index in [-0.39, 0.29) is 5.56 Å². The molecule has 0 saturated heterocycles. The van der Waals surface area contributed by atoms with E-state index in [9.17, 15) is 4.79 Å². The number of ether oxygens (including phenoxy) is 2. The third-order valence-corrected chi connectivity index (χ3v) is 1.77. The minimum atomic E-state index is -1.01. The van der Waals surface area contributed by atoms with Crippen molar-refractivity contribution in [2.75, 3.05) is 20.3 Å². The third kappa shape index (κ3) is 3.55. The molecule has 1 aromatic rings. The molecule has 0 aliphatic rings. The average Bonchev–Trinajstić information content (AvgIpc) is 2.25. The predicted molar refractivity (Wildman–Crippen MR) is 53.2 cm³/mol. The number of carboxylic acids is 1. The minimum absolute atomic E-state index is 0.127. The first-order chi connectivity index (χ1) is 7.25. The fraction of sp³-hybridized carbons (Fsp3) is 0.400. The molecule has 5 heteroatoms. The maximum atomic E-state index is 10.8. The molecule has 1 heterocycles. The summed E-state index contributed by atoms with van der Waals surface area (Å²) in [6.07, 6.45) is 3.53. The Labute approximate surface area is 87.7 Å². The van der Waals surface area contributed by atoms with Gasteiger partial charge in [-0.25, -0.2) is 4.79 Å². The van der Waals surface area contributed by atoms with E-state index in [0.29, 0.717) is 25.4 Å². The lowest BCUT2D eigenvalue weighted by atomic mass is 10.2. The van der Waals surface area contributed by atoms with E-state index < -0.39 is 5.97 Å². The highest BCUT2D eigenvalue weighted by atomic mass is 16.5. The van der Waals surface area contributed by atoms with Crippen LogP contribution in [-0.2, 0) is 4.74 Å². The summed E-state index contributed by atoms with van der Waals surface area (Å²) in [6, 6.07) is 1.41. The van der Waals surface area contributed by atoms with Gasteiger partial charge >= 0.3 is 5.97 Å². The molecule has 0 saturated carbocycles. The summed E-state index contributed by atoms with van der Waals surface area (Å²) in [7, 11) is 1.60. The molecule has 0 unspecified atom stereocenters. The molecule has 0 atom stereocenters. The molecule has 0 spiro atoms. The standard InChI is InChI=1S/C10H13NO4/c1-14-5-2-6-15-9-7-11-4-3-8(9)10(12)13/h3-4,7H,2,5-6H2,1H3,(H,12,13). The van der Waals surface area contributed by atoms with Crippen molar-refractivity contribution in [2.24, 2.45) is 0 Å². The maximum Gasteiger partial charge on any atom is 0.339 e. The van der Waals surface area contributed by atoms with Gasteiger partial charge in [-0.3, -0.25) is 4.98 Å². The summed E-state index contributed by atoms with van der Waals surface area (Å²) in [6.45, 7) is 1.00. The van der Waals surface area contributed by atoms with E-state index in [4.69, 9.17) is 14.6 Å². The van der Waals surface area contributed by atoms with Gasteiger partial charge in [0.25, 0.3) is 0 Å². The van der Waals surface area contributed by atoms with Gasteiger partial charge in [-0.05, 0) is 6.07 Å². The van der Waals surface area contributed by atoms with Crippen LogP contribution in [0.5, 0.6) is 5.75 Å². The van der Waals surface area contributed by atoms with Gasteiger partial charge < -0.3 is 14.6 Å². The monoisotopic (exact) mass is 211 g/mol. The highest BCUT2D eigenvalue weighted by Crippen LogP contribution is 2.16. The maximum absolute atomic E-state index is 10.8. The van der Waals surface area contributed by atoms with Crippen LogP contribution in [-0.4, -0.2) is 36.4 Å². The van der Waals surface area contributed by atoms with E-state index in [2.05, 4.69) is 4.98 Å². The Hall–Kier alpha value is -1.62. The van der Waals surface area contributed by atoms with Crippen molar-refractivity contribution in [1.82, 2.24) is 4.98 Å². The zero-order valence-corrected chi connectivity index (χ0v) is 8.47. The molecule has 0 radical (unpaired) electrons. The van der Waals surface area contributed by atoms with E-state index in [0.717, 1.165) is 0 Å². The predicted octanol–water partition coefficient (Wildman–Crippen LogP) is 1.20. The van der Waals surface area contributed by atoms with Crippen LogP contribution in [0.15, 0.2) is 18.5 Å². The second kappa shape index (κ2) is 5.98. The SMILES string of the molecule is COCCCOc1cnccc1C(=O)O. The molecule has 0 aliphatic carbocycles. The number of pyridine rings is 1. The molecule has 0 aliphatic heterocycles. The number of methoxy groups -OCH3 is 1. The second-order valence-corrected chi connectivity index (χ2v) is 2.87. The van der Waals surface area contributed by atoms with Crippen molar-refractivity contribution >= 4 is 5.97 Å². The van der Waals surface area contributed by atoms with Gasteiger partial charge in [0, 0.05) is 26.3 Å². The lowest BCUT2D eigenvalue weighted by Gasteiger charge is -2.07. The van der Waals surface area contributed by atoms with Crippen molar-refractivity contribution in [3.05, 3.63) is 24.0 Å². The molecular weight excluding hydrogens is 198 g/mol. The summed E-state index contributed by atoms with van der Waals surface area (Å²) >= 11 is 0. The third-order valence-electron chi connectivity index (χ3n) is 1.77. The van der Waals surface area contributed by atoms with Gasteiger partial charge in [-0.1, -0.05) is 0 Å². The van der Waals surface area contributed by atoms with E-state index in [1.54, 1.807) is 7.11 Å². The minimum Gasteiger partial charge on any atom is -0.491 e. The Morgan fingerprint density at radius 1 is 1.53 bits per heavy atom. The van der Waals surface area contributed by atoms with Crippen LogP contribution in [0, 0.1) is 0 Å². The first-order valence-electron chi connectivity index (χ1n) is 4.54. The number of nitrogens with zero attached hydrogens (tertiary/aromatic N) is 1. The van der Waals surface area contributed by atoms with Crippen molar-refractivity contribution in [3.63, 3.8) is 0 Å². The lowest BCUT2D eigenvalue weighted by Crippen LogP contribution is -2.06. The average molecular weight is 211 g/mol. The van der Waals surface area contributed by atoms with Crippen LogP contribution in [0.4, 0.5) is 0 Å². The molecule has 0 fully saturated rings. The molecule has 1 aromatic heterocycles. The molecule has 0 bridgehead atoms. The Kier molecular flexibility index (Phi) is 4.56. The molecule has 0 aromatic carbocycles. The number of hydrogen-bond acceptors (Lipinski definition) is 4. The number of rotatable bonds is 6. The van der Waals surface area contributed by atoms with Gasteiger partial charge in [0.15, 0.2) is 5.75 Å². The van der Waals surface area contributed by atoms with Crippen molar-refractivity contribution in [3.8, 4) is 5.75 Å². The van der Waals surface area contributed by atoms with Crippen molar-refractivity contribution in [2.45, 2.75) is 6.42 Å². The van der Waals surface area contributed by atoms with Crippen molar-refractivity contribution < 1.29 is 19.4 Å². The van der Waals surface area contributed by atoms with Gasteiger partial charge in [-0.15, -0.1) is 0 Å². The zero-order chi connectivity index (χ0) is 11.1. The van der Waals surface area contributed by atoms with Crippen LogP contribution < -0.4 is 4.74 Å².